The van der Waals surface area contributed by atoms with Crippen LogP contribution in [-0.2, 0) is 0 Å². The number of fused-ring (bicyclic) bond motifs is 5. The van der Waals surface area contributed by atoms with Gasteiger partial charge in [0.1, 0.15) is 24.4 Å². The Kier molecular flexibility index (Phi) is 3.13. The fourth-order valence-electron chi connectivity index (χ4n) is 5.03. The van der Waals surface area contributed by atoms with Gasteiger partial charge in [-0.25, -0.2) is 0 Å². The molecule has 0 radical (unpaired) electrons. The highest BCUT2D eigenvalue weighted by atomic mass is 16.3. The molecule has 6 rings (SSSR count). The van der Waals surface area contributed by atoms with Crippen LogP contribution in [0, 0.1) is 0 Å². The Morgan fingerprint density at radius 2 is 1.25 bits per heavy atom. The summed E-state index contributed by atoms with van der Waals surface area (Å²) in [5.74, 6) is 0. The monoisotopic (exact) mass is 370 g/mol. The SMILES string of the molecule is O[C@H]1C=Cc2c(cc3c4c5c(cccc5c5ccccc5c24)[C@H](O)[C@H]3O)[C@@H]1O. The minimum Gasteiger partial charge on any atom is -0.386 e. The average Bonchev–Trinajstić information content (AvgIpc) is 2.73. The lowest BCUT2D eigenvalue weighted by atomic mass is 9.76. The first-order valence-corrected chi connectivity index (χ1v) is 9.42. The summed E-state index contributed by atoms with van der Waals surface area (Å²) < 4.78 is 0. The molecule has 4 aromatic carbocycles. The normalized spacial score (nSPS) is 25.7. The van der Waals surface area contributed by atoms with E-state index in [0.29, 0.717) is 16.7 Å². The number of aliphatic hydroxyl groups is 4. The van der Waals surface area contributed by atoms with Gasteiger partial charge < -0.3 is 20.4 Å². The lowest BCUT2D eigenvalue weighted by Gasteiger charge is -2.32. The van der Waals surface area contributed by atoms with Gasteiger partial charge in [-0.05, 0) is 60.6 Å². The molecule has 0 aromatic heterocycles. The third kappa shape index (κ3) is 1.83. The van der Waals surface area contributed by atoms with Crippen molar-refractivity contribution in [2.45, 2.75) is 24.4 Å². The van der Waals surface area contributed by atoms with Gasteiger partial charge in [0.05, 0.1) is 0 Å². The molecule has 4 N–H and O–H groups in total. The standard InChI is InChI=1S/C24H18O4/c25-18-9-8-14-16(22(18)26)10-17-21-19(14)12-5-2-1-4-11(12)13-6-3-7-15(20(13)21)23(27)24(17)28/h1-10,18,22-28H/t18-,22-,23-,24-/m0/s1. The molecule has 0 unspecified atom stereocenters. The average molecular weight is 370 g/mol. The topological polar surface area (TPSA) is 80.9 Å². The molecule has 0 heterocycles. The second kappa shape index (κ2) is 5.40. The van der Waals surface area contributed by atoms with Crippen LogP contribution >= 0.6 is 0 Å². The minimum atomic E-state index is -1.10. The maximum Gasteiger partial charge on any atom is 0.110 e. The van der Waals surface area contributed by atoms with Crippen LogP contribution in [-0.4, -0.2) is 26.5 Å². The van der Waals surface area contributed by atoms with Crippen molar-refractivity contribution in [2.24, 2.45) is 0 Å². The maximum atomic E-state index is 10.9. The number of aliphatic hydroxyl groups excluding tert-OH is 4. The zero-order chi connectivity index (χ0) is 19.2. The zero-order valence-corrected chi connectivity index (χ0v) is 14.9. The predicted octanol–water partition coefficient (Wildman–Crippen LogP) is 3.65. The molecule has 0 fully saturated rings. The van der Waals surface area contributed by atoms with Gasteiger partial charge in [-0.1, -0.05) is 54.6 Å². The van der Waals surface area contributed by atoms with Crippen molar-refractivity contribution in [1.29, 1.82) is 0 Å². The van der Waals surface area contributed by atoms with Crippen molar-refractivity contribution < 1.29 is 20.4 Å². The predicted molar refractivity (Wildman–Crippen MR) is 109 cm³/mol. The van der Waals surface area contributed by atoms with Crippen molar-refractivity contribution in [3.05, 3.63) is 76.9 Å². The first-order chi connectivity index (χ1) is 13.6. The van der Waals surface area contributed by atoms with Crippen LogP contribution in [0.4, 0.5) is 0 Å². The largest absolute Gasteiger partial charge is 0.386 e. The van der Waals surface area contributed by atoms with Gasteiger partial charge in [0.2, 0.25) is 0 Å². The van der Waals surface area contributed by atoms with E-state index >= 15 is 0 Å². The van der Waals surface area contributed by atoms with Gasteiger partial charge in [-0.15, -0.1) is 0 Å². The molecule has 4 heteroatoms. The minimum absolute atomic E-state index is 0.577. The van der Waals surface area contributed by atoms with Gasteiger partial charge in [0.25, 0.3) is 0 Å². The van der Waals surface area contributed by atoms with Crippen LogP contribution < -0.4 is 0 Å². The molecule has 0 saturated heterocycles. The van der Waals surface area contributed by atoms with E-state index in [9.17, 15) is 20.4 Å². The fraction of sp³-hybridized carbons (Fsp3) is 0.167. The van der Waals surface area contributed by atoms with Crippen molar-refractivity contribution in [1.82, 2.24) is 0 Å². The highest BCUT2D eigenvalue weighted by molar-refractivity contribution is 6.29. The number of rotatable bonds is 0. The Morgan fingerprint density at radius 3 is 2.07 bits per heavy atom. The van der Waals surface area contributed by atoms with Crippen LogP contribution in [0.15, 0.2) is 54.6 Å². The number of benzene rings is 4. The van der Waals surface area contributed by atoms with Crippen molar-refractivity contribution in [2.75, 3.05) is 0 Å². The van der Waals surface area contributed by atoms with Crippen LogP contribution in [0.3, 0.4) is 0 Å². The van der Waals surface area contributed by atoms with E-state index in [0.717, 1.165) is 37.9 Å². The Bertz CT molecular complexity index is 1340. The second-order valence-electron chi connectivity index (χ2n) is 7.72. The van der Waals surface area contributed by atoms with Gasteiger partial charge in [-0.3, -0.25) is 0 Å². The van der Waals surface area contributed by atoms with E-state index in [4.69, 9.17) is 0 Å². The fourth-order valence-corrected chi connectivity index (χ4v) is 5.03. The summed E-state index contributed by atoms with van der Waals surface area (Å²) >= 11 is 0. The molecule has 0 bridgehead atoms. The Hall–Kier alpha value is -2.76. The highest BCUT2D eigenvalue weighted by Crippen LogP contribution is 2.51. The highest BCUT2D eigenvalue weighted by Gasteiger charge is 2.34. The van der Waals surface area contributed by atoms with Gasteiger partial charge in [0, 0.05) is 0 Å². The van der Waals surface area contributed by atoms with Crippen molar-refractivity contribution >= 4 is 38.4 Å². The van der Waals surface area contributed by atoms with Crippen molar-refractivity contribution in [3.63, 3.8) is 0 Å². The van der Waals surface area contributed by atoms with Crippen molar-refractivity contribution in [3.8, 4) is 0 Å². The Labute approximate surface area is 160 Å². The van der Waals surface area contributed by atoms with E-state index in [1.165, 1.54) is 0 Å². The van der Waals surface area contributed by atoms with E-state index in [1.54, 1.807) is 12.1 Å². The molecule has 0 spiro atoms. The Morgan fingerprint density at radius 1 is 0.571 bits per heavy atom. The molecule has 4 aromatic rings. The molecule has 28 heavy (non-hydrogen) atoms. The van der Waals surface area contributed by atoms with Crippen LogP contribution in [0.1, 0.15) is 40.6 Å². The van der Waals surface area contributed by atoms with Crippen LogP contribution in [0.5, 0.6) is 0 Å². The molecular formula is C24H18O4. The molecule has 138 valence electrons. The van der Waals surface area contributed by atoms with Crippen LogP contribution in [0.2, 0.25) is 0 Å². The summed E-state index contributed by atoms with van der Waals surface area (Å²) in [6.07, 6.45) is -0.748. The summed E-state index contributed by atoms with van der Waals surface area (Å²) in [5.41, 5.74) is 2.74. The lowest BCUT2D eigenvalue weighted by Crippen LogP contribution is -2.22. The van der Waals surface area contributed by atoms with Gasteiger partial charge in [-0.2, -0.15) is 0 Å². The lowest BCUT2D eigenvalue weighted by molar-refractivity contribution is 0.0172. The van der Waals surface area contributed by atoms with Crippen LogP contribution in [0.25, 0.3) is 38.4 Å². The molecule has 4 atom stereocenters. The summed E-state index contributed by atoms with van der Waals surface area (Å²) in [5, 5.41) is 48.4. The molecule has 4 nitrogen and oxygen atoms in total. The molecule has 0 saturated carbocycles. The number of hydrogen-bond donors (Lipinski definition) is 4. The second-order valence-corrected chi connectivity index (χ2v) is 7.72. The molecule has 2 aliphatic carbocycles. The smallest absolute Gasteiger partial charge is 0.110 e. The van der Waals surface area contributed by atoms with E-state index in [2.05, 4.69) is 6.07 Å². The summed E-state index contributed by atoms with van der Waals surface area (Å²) in [4.78, 5) is 0. The molecule has 2 aliphatic rings. The van der Waals surface area contributed by atoms with E-state index < -0.39 is 24.4 Å². The summed E-state index contributed by atoms with van der Waals surface area (Å²) in [6.45, 7) is 0. The molecule has 0 amide bonds. The Balaban J connectivity index is 1.98. The molecule has 0 aliphatic heterocycles. The van der Waals surface area contributed by atoms with E-state index in [-0.39, 0.29) is 0 Å². The summed E-state index contributed by atoms with van der Waals surface area (Å²) in [6, 6.07) is 15.6. The number of hydrogen-bond acceptors (Lipinski definition) is 4. The third-order valence-electron chi connectivity index (χ3n) is 6.30. The van der Waals surface area contributed by atoms with Gasteiger partial charge >= 0.3 is 0 Å². The first kappa shape index (κ1) is 16.2. The van der Waals surface area contributed by atoms with E-state index in [1.807, 2.05) is 42.5 Å². The van der Waals surface area contributed by atoms with Gasteiger partial charge in [0.15, 0.2) is 0 Å². The quantitative estimate of drug-likeness (QED) is 0.356. The maximum absolute atomic E-state index is 10.9. The summed E-state index contributed by atoms with van der Waals surface area (Å²) in [7, 11) is 0. The first-order valence-electron chi connectivity index (χ1n) is 9.42. The third-order valence-corrected chi connectivity index (χ3v) is 6.30. The molecular weight excluding hydrogens is 352 g/mol. The zero-order valence-electron chi connectivity index (χ0n) is 14.9.